The summed E-state index contributed by atoms with van der Waals surface area (Å²) in [4.78, 5) is 41.3. The highest BCUT2D eigenvalue weighted by atomic mass is 32.1. The first-order valence-electron chi connectivity index (χ1n) is 9.27. The van der Waals surface area contributed by atoms with Gasteiger partial charge in [-0.3, -0.25) is 14.2 Å². The number of benzene rings is 2. The molecule has 1 amide bonds. The van der Waals surface area contributed by atoms with E-state index in [4.69, 9.17) is 4.74 Å². The Morgan fingerprint density at radius 3 is 2.45 bits per heavy atom. The number of hydrogen-bond acceptors (Lipinski definition) is 6. The number of amides is 1. The lowest BCUT2D eigenvalue weighted by Crippen LogP contribution is -2.30. The van der Waals surface area contributed by atoms with Crippen molar-refractivity contribution in [2.24, 2.45) is 0 Å². The van der Waals surface area contributed by atoms with Crippen LogP contribution in [0.3, 0.4) is 0 Å². The largest absolute Gasteiger partial charge is 0.478 e. The molecule has 0 aliphatic rings. The van der Waals surface area contributed by atoms with Gasteiger partial charge in [-0.25, -0.2) is 9.78 Å². The van der Waals surface area contributed by atoms with Gasteiger partial charge in [-0.05, 0) is 43.3 Å². The first kappa shape index (κ1) is 20.3. The number of fused-ring (bicyclic) bond motifs is 1. The van der Waals surface area contributed by atoms with Crippen LogP contribution in [0.2, 0.25) is 0 Å². The number of nitrogens with one attached hydrogen (secondary N) is 1. The number of carbonyl (C=O) groups is 2. The number of ether oxygens (including phenoxy) is 1. The van der Waals surface area contributed by atoms with Gasteiger partial charge in [0, 0.05) is 11.1 Å². The zero-order chi connectivity index (χ0) is 22.0. The van der Waals surface area contributed by atoms with Crippen LogP contribution >= 0.6 is 11.3 Å². The van der Waals surface area contributed by atoms with Crippen molar-refractivity contribution < 1.29 is 19.4 Å². The van der Waals surface area contributed by atoms with Crippen LogP contribution in [0.25, 0.3) is 10.2 Å². The number of anilines is 1. The highest BCUT2D eigenvalue weighted by Gasteiger charge is 2.19. The summed E-state index contributed by atoms with van der Waals surface area (Å²) in [6, 6.07) is 16.1. The molecular formula is C22H17N3O5S. The summed E-state index contributed by atoms with van der Waals surface area (Å²) in [5.41, 5.74) is -0.129. The number of carboxylic acid groups (broad SMARTS) is 1. The topological polar surface area (TPSA) is 111 Å². The molecule has 0 spiro atoms. The lowest BCUT2D eigenvalue weighted by molar-refractivity contribution is -0.116. The molecule has 0 saturated heterocycles. The number of aromatic carboxylic acids is 1. The Morgan fingerprint density at radius 1 is 1.10 bits per heavy atom. The van der Waals surface area contributed by atoms with E-state index in [0.717, 1.165) is 11.3 Å². The summed E-state index contributed by atoms with van der Waals surface area (Å²) in [6.07, 6.45) is 0. The van der Waals surface area contributed by atoms with Crippen LogP contribution in [0.5, 0.6) is 11.5 Å². The number of rotatable bonds is 6. The van der Waals surface area contributed by atoms with Gasteiger partial charge >= 0.3 is 5.97 Å². The minimum atomic E-state index is -1.21. The molecule has 2 aromatic carbocycles. The van der Waals surface area contributed by atoms with Gasteiger partial charge in [0.15, 0.2) is 0 Å². The van der Waals surface area contributed by atoms with Crippen LogP contribution in [0.15, 0.2) is 64.8 Å². The molecular weight excluding hydrogens is 418 g/mol. The van der Waals surface area contributed by atoms with Gasteiger partial charge in [0.1, 0.15) is 28.7 Å². The van der Waals surface area contributed by atoms with E-state index in [2.05, 4.69) is 10.3 Å². The molecule has 4 rings (SSSR count). The van der Waals surface area contributed by atoms with Crippen molar-refractivity contribution >= 4 is 39.1 Å². The van der Waals surface area contributed by atoms with E-state index >= 15 is 0 Å². The first-order valence-corrected chi connectivity index (χ1v) is 10.1. The molecule has 0 unspecified atom stereocenters. The van der Waals surface area contributed by atoms with Crippen molar-refractivity contribution in [2.45, 2.75) is 13.5 Å². The lowest BCUT2D eigenvalue weighted by atomic mass is 10.2. The average Bonchev–Trinajstić information content (AvgIpc) is 3.17. The second-order valence-electron chi connectivity index (χ2n) is 6.67. The van der Waals surface area contributed by atoms with E-state index in [1.807, 2.05) is 30.3 Å². The van der Waals surface area contributed by atoms with Crippen LogP contribution in [0.1, 0.15) is 16.2 Å². The van der Waals surface area contributed by atoms with Gasteiger partial charge in [-0.15, -0.1) is 11.3 Å². The Labute approximate surface area is 180 Å². The Balaban J connectivity index is 1.50. The number of para-hydroxylation sites is 1. The minimum absolute atomic E-state index is 0.0123. The van der Waals surface area contributed by atoms with Crippen molar-refractivity contribution in [1.82, 2.24) is 9.55 Å². The molecule has 0 aliphatic carbocycles. The number of carbonyl (C=O) groups excluding carboxylic acids is 1. The number of nitrogens with zero attached hydrogens (tertiary/aromatic N) is 2. The number of carboxylic acids is 1. The standard InChI is InChI=1S/C22H17N3O5S/c1-13-23-20-19(17(12-31-20)22(28)29)21(27)25(13)11-18(26)24-14-7-9-16(10-8-14)30-15-5-3-2-4-6-15/h2-10,12H,11H2,1H3,(H,24,26)(H,28,29). The fraction of sp³-hybridized carbons (Fsp3) is 0.0909. The van der Waals surface area contributed by atoms with Crippen molar-refractivity contribution in [3.05, 3.63) is 81.7 Å². The third-order valence-corrected chi connectivity index (χ3v) is 5.41. The van der Waals surface area contributed by atoms with E-state index in [-0.39, 0.29) is 17.5 Å². The molecule has 2 heterocycles. The first-order chi connectivity index (χ1) is 14.9. The fourth-order valence-corrected chi connectivity index (χ4v) is 3.99. The number of aryl methyl sites for hydroxylation is 1. The van der Waals surface area contributed by atoms with Crippen LogP contribution < -0.4 is 15.6 Å². The highest BCUT2D eigenvalue weighted by Crippen LogP contribution is 2.23. The fourth-order valence-electron chi connectivity index (χ4n) is 3.04. The second kappa shape index (κ2) is 8.41. The predicted octanol–water partition coefficient (Wildman–Crippen LogP) is 3.90. The summed E-state index contributed by atoms with van der Waals surface area (Å²) in [5.74, 6) is 0.00630. The minimum Gasteiger partial charge on any atom is -0.478 e. The van der Waals surface area contributed by atoms with Gasteiger partial charge in [-0.2, -0.15) is 0 Å². The maximum atomic E-state index is 12.8. The smallest absolute Gasteiger partial charge is 0.337 e. The molecule has 9 heteroatoms. The Bertz CT molecular complexity index is 1330. The number of thiophene rings is 1. The summed E-state index contributed by atoms with van der Waals surface area (Å²) < 4.78 is 6.89. The molecule has 0 saturated carbocycles. The van der Waals surface area contributed by atoms with E-state index in [0.29, 0.717) is 27.8 Å². The van der Waals surface area contributed by atoms with Crippen LogP contribution in [-0.2, 0) is 11.3 Å². The Morgan fingerprint density at radius 2 is 1.77 bits per heavy atom. The quantitative estimate of drug-likeness (QED) is 0.475. The lowest BCUT2D eigenvalue weighted by Gasteiger charge is -2.11. The van der Waals surface area contributed by atoms with Crippen molar-refractivity contribution in [3.8, 4) is 11.5 Å². The summed E-state index contributed by atoms with van der Waals surface area (Å²) in [7, 11) is 0. The van der Waals surface area contributed by atoms with Crippen molar-refractivity contribution in [1.29, 1.82) is 0 Å². The number of aromatic nitrogens is 2. The van der Waals surface area contributed by atoms with Gasteiger partial charge in [-0.1, -0.05) is 18.2 Å². The Kier molecular flexibility index (Phi) is 5.50. The van der Waals surface area contributed by atoms with E-state index in [1.54, 1.807) is 31.2 Å². The highest BCUT2D eigenvalue weighted by molar-refractivity contribution is 7.17. The van der Waals surface area contributed by atoms with Gasteiger partial charge in [0.05, 0.1) is 10.9 Å². The number of hydrogen-bond donors (Lipinski definition) is 2. The molecule has 0 aliphatic heterocycles. The average molecular weight is 435 g/mol. The summed E-state index contributed by atoms with van der Waals surface area (Å²) >= 11 is 1.08. The van der Waals surface area contributed by atoms with Crippen molar-refractivity contribution in [2.75, 3.05) is 5.32 Å². The van der Waals surface area contributed by atoms with Crippen LogP contribution in [0.4, 0.5) is 5.69 Å². The zero-order valence-electron chi connectivity index (χ0n) is 16.4. The molecule has 31 heavy (non-hydrogen) atoms. The zero-order valence-corrected chi connectivity index (χ0v) is 17.2. The molecule has 0 radical (unpaired) electrons. The monoisotopic (exact) mass is 435 g/mol. The molecule has 2 aromatic heterocycles. The molecule has 0 bridgehead atoms. The maximum absolute atomic E-state index is 12.8. The van der Waals surface area contributed by atoms with E-state index in [1.165, 1.54) is 9.95 Å². The third-order valence-electron chi connectivity index (χ3n) is 4.53. The van der Waals surface area contributed by atoms with E-state index in [9.17, 15) is 19.5 Å². The molecule has 4 aromatic rings. The molecule has 2 N–H and O–H groups in total. The maximum Gasteiger partial charge on any atom is 0.337 e. The van der Waals surface area contributed by atoms with Crippen molar-refractivity contribution in [3.63, 3.8) is 0 Å². The van der Waals surface area contributed by atoms with Gasteiger partial charge < -0.3 is 15.2 Å². The SMILES string of the molecule is Cc1nc2scc(C(=O)O)c2c(=O)n1CC(=O)Nc1ccc(Oc2ccccc2)cc1. The summed E-state index contributed by atoms with van der Waals surface area (Å²) in [5, 5.41) is 13.4. The molecule has 0 fully saturated rings. The van der Waals surface area contributed by atoms with Crippen LogP contribution in [-0.4, -0.2) is 26.5 Å². The third kappa shape index (κ3) is 4.31. The van der Waals surface area contributed by atoms with Gasteiger partial charge in [0.25, 0.3) is 5.56 Å². The second-order valence-corrected chi connectivity index (χ2v) is 7.53. The Hall–Kier alpha value is -3.98. The molecule has 156 valence electrons. The van der Waals surface area contributed by atoms with Crippen LogP contribution in [0, 0.1) is 6.92 Å². The normalized spacial score (nSPS) is 10.7. The molecule has 0 atom stereocenters. The molecule has 8 nitrogen and oxygen atoms in total. The van der Waals surface area contributed by atoms with E-state index < -0.39 is 17.4 Å². The summed E-state index contributed by atoms with van der Waals surface area (Å²) in [6.45, 7) is 1.31. The van der Waals surface area contributed by atoms with Gasteiger partial charge in [0.2, 0.25) is 5.91 Å². The predicted molar refractivity (Wildman–Crippen MR) is 117 cm³/mol.